The van der Waals surface area contributed by atoms with Crippen molar-refractivity contribution in [1.82, 2.24) is 14.9 Å². The Labute approximate surface area is 153 Å². The van der Waals surface area contributed by atoms with Gasteiger partial charge in [-0.05, 0) is 37.1 Å². The number of morpholine rings is 1. The fourth-order valence-corrected chi connectivity index (χ4v) is 3.23. The standard InChI is InChI=1S/C18H24ClN5O/c1-13-11-14(2)17(15(19)12-13)22-16-3-4-20-18(23-16)21-5-6-24-7-9-25-10-8-24/h3-4,11-12H,5-10H2,1-2H3,(H2,20,21,22,23). The van der Waals surface area contributed by atoms with E-state index in [0.29, 0.717) is 11.0 Å². The molecule has 0 amide bonds. The van der Waals surface area contributed by atoms with E-state index in [0.717, 1.165) is 62.0 Å². The van der Waals surface area contributed by atoms with Crippen molar-refractivity contribution in [2.75, 3.05) is 50.0 Å². The van der Waals surface area contributed by atoms with E-state index >= 15 is 0 Å². The minimum absolute atomic E-state index is 0.610. The van der Waals surface area contributed by atoms with Crippen LogP contribution in [0.3, 0.4) is 0 Å². The molecule has 1 aliphatic rings. The van der Waals surface area contributed by atoms with Gasteiger partial charge in [-0.25, -0.2) is 4.98 Å². The molecule has 1 aliphatic heterocycles. The number of hydrogen-bond donors (Lipinski definition) is 2. The summed E-state index contributed by atoms with van der Waals surface area (Å²) in [5.74, 6) is 1.33. The number of nitrogens with zero attached hydrogens (tertiary/aromatic N) is 3. The Morgan fingerprint density at radius 3 is 2.80 bits per heavy atom. The third kappa shape index (κ3) is 5.04. The van der Waals surface area contributed by atoms with Gasteiger partial charge in [-0.1, -0.05) is 17.7 Å². The molecule has 0 unspecified atom stereocenters. The van der Waals surface area contributed by atoms with Crippen LogP contribution in [-0.2, 0) is 4.74 Å². The van der Waals surface area contributed by atoms with E-state index in [1.165, 1.54) is 0 Å². The highest BCUT2D eigenvalue weighted by molar-refractivity contribution is 6.33. The van der Waals surface area contributed by atoms with Crippen LogP contribution >= 0.6 is 11.6 Å². The maximum atomic E-state index is 6.36. The molecule has 7 heteroatoms. The van der Waals surface area contributed by atoms with Gasteiger partial charge < -0.3 is 15.4 Å². The number of ether oxygens (including phenoxy) is 1. The zero-order chi connectivity index (χ0) is 17.6. The summed E-state index contributed by atoms with van der Waals surface area (Å²) in [6.45, 7) is 9.40. The highest BCUT2D eigenvalue weighted by Gasteiger charge is 2.10. The van der Waals surface area contributed by atoms with E-state index in [-0.39, 0.29) is 0 Å². The van der Waals surface area contributed by atoms with Gasteiger partial charge in [-0.3, -0.25) is 4.90 Å². The van der Waals surface area contributed by atoms with Crippen molar-refractivity contribution in [2.24, 2.45) is 0 Å². The second-order valence-electron chi connectivity index (χ2n) is 6.21. The SMILES string of the molecule is Cc1cc(C)c(Nc2ccnc(NCCN3CCOCC3)n2)c(Cl)c1. The zero-order valence-corrected chi connectivity index (χ0v) is 15.4. The summed E-state index contributed by atoms with van der Waals surface area (Å²) in [6, 6.07) is 5.87. The molecule has 2 heterocycles. The molecule has 0 radical (unpaired) electrons. The van der Waals surface area contributed by atoms with Crippen molar-refractivity contribution in [1.29, 1.82) is 0 Å². The lowest BCUT2D eigenvalue weighted by atomic mass is 10.1. The predicted octanol–water partition coefficient (Wildman–Crippen LogP) is 3.23. The minimum atomic E-state index is 0.610. The number of benzene rings is 1. The minimum Gasteiger partial charge on any atom is -0.379 e. The molecule has 0 saturated carbocycles. The predicted molar refractivity (Wildman–Crippen MR) is 102 cm³/mol. The summed E-state index contributed by atoms with van der Waals surface area (Å²) < 4.78 is 5.36. The van der Waals surface area contributed by atoms with Gasteiger partial charge in [0.25, 0.3) is 0 Å². The lowest BCUT2D eigenvalue weighted by Crippen LogP contribution is -2.39. The molecular formula is C18H24ClN5O. The van der Waals surface area contributed by atoms with Crippen LogP contribution in [0.5, 0.6) is 0 Å². The molecule has 1 saturated heterocycles. The summed E-state index contributed by atoms with van der Waals surface area (Å²) in [6.07, 6.45) is 1.74. The van der Waals surface area contributed by atoms with Crippen LogP contribution in [0.15, 0.2) is 24.4 Å². The molecule has 2 N–H and O–H groups in total. The first-order chi connectivity index (χ1) is 12.1. The summed E-state index contributed by atoms with van der Waals surface area (Å²) in [5, 5.41) is 7.27. The van der Waals surface area contributed by atoms with Crippen molar-refractivity contribution < 1.29 is 4.74 Å². The summed E-state index contributed by atoms with van der Waals surface area (Å²) in [7, 11) is 0. The molecule has 1 aromatic carbocycles. The number of hydrogen-bond acceptors (Lipinski definition) is 6. The third-order valence-corrected chi connectivity index (χ3v) is 4.45. The number of aromatic nitrogens is 2. The van der Waals surface area contributed by atoms with Crippen molar-refractivity contribution in [2.45, 2.75) is 13.8 Å². The van der Waals surface area contributed by atoms with Crippen molar-refractivity contribution in [3.05, 3.63) is 40.5 Å². The topological polar surface area (TPSA) is 62.3 Å². The van der Waals surface area contributed by atoms with Crippen molar-refractivity contribution in [3.63, 3.8) is 0 Å². The molecule has 0 aliphatic carbocycles. The Morgan fingerprint density at radius 2 is 2.04 bits per heavy atom. The van der Waals surface area contributed by atoms with Crippen LogP contribution in [0.2, 0.25) is 5.02 Å². The molecule has 134 valence electrons. The largest absolute Gasteiger partial charge is 0.379 e. The maximum Gasteiger partial charge on any atom is 0.224 e. The molecular weight excluding hydrogens is 338 g/mol. The van der Waals surface area contributed by atoms with Crippen LogP contribution in [0.1, 0.15) is 11.1 Å². The van der Waals surface area contributed by atoms with Crippen LogP contribution in [-0.4, -0.2) is 54.3 Å². The van der Waals surface area contributed by atoms with Crippen LogP contribution in [0.25, 0.3) is 0 Å². The highest BCUT2D eigenvalue weighted by atomic mass is 35.5. The summed E-state index contributed by atoms with van der Waals surface area (Å²) in [4.78, 5) is 11.2. The number of halogens is 1. The average Bonchev–Trinajstić information content (AvgIpc) is 2.59. The molecule has 1 aromatic heterocycles. The fourth-order valence-electron chi connectivity index (χ4n) is 2.87. The maximum absolute atomic E-state index is 6.36. The second-order valence-corrected chi connectivity index (χ2v) is 6.62. The number of anilines is 3. The lowest BCUT2D eigenvalue weighted by Gasteiger charge is -2.26. The van der Waals surface area contributed by atoms with Gasteiger partial charge in [0.15, 0.2) is 0 Å². The highest BCUT2D eigenvalue weighted by Crippen LogP contribution is 2.29. The zero-order valence-electron chi connectivity index (χ0n) is 14.7. The molecule has 0 atom stereocenters. The summed E-state index contributed by atoms with van der Waals surface area (Å²) >= 11 is 6.36. The van der Waals surface area contributed by atoms with Gasteiger partial charge in [0.05, 0.1) is 23.9 Å². The van der Waals surface area contributed by atoms with Gasteiger partial charge in [-0.15, -0.1) is 0 Å². The fraction of sp³-hybridized carbons (Fsp3) is 0.444. The lowest BCUT2D eigenvalue weighted by molar-refractivity contribution is 0.0398. The van der Waals surface area contributed by atoms with Crippen LogP contribution in [0.4, 0.5) is 17.5 Å². The molecule has 6 nitrogen and oxygen atoms in total. The number of aryl methyl sites for hydroxylation is 2. The van der Waals surface area contributed by atoms with Crippen molar-refractivity contribution >= 4 is 29.1 Å². The van der Waals surface area contributed by atoms with E-state index in [2.05, 4.69) is 31.6 Å². The van der Waals surface area contributed by atoms with Crippen LogP contribution < -0.4 is 10.6 Å². The van der Waals surface area contributed by atoms with Gasteiger partial charge in [0, 0.05) is 32.4 Å². The molecule has 0 spiro atoms. The second kappa shape index (κ2) is 8.47. The number of nitrogens with one attached hydrogen (secondary N) is 2. The quantitative estimate of drug-likeness (QED) is 0.823. The Morgan fingerprint density at radius 1 is 1.24 bits per heavy atom. The Balaban J connectivity index is 1.59. The van der Waals surface area contributed by atoms with Gasteiger partial charge in [0.1, 0.15) is 5.82 Å². The first-order valence-corrected chi connectivity index (χ1v) is 8.90. The van der Waals surface area contributed by atoms with E-state index in [4.69, 9.17) is 16.3 Å². The molecule has 1 fully saturated rings. The van der Waals surface area contributed by atoms with Crippen molar-refractivity contribution in [3.8, 4) is 0 Å². The van der Waals surface area contributed by atoms with Gasteiger partial charge >= 0.3 is 0 Å². The summed E-state index contributed by atoms with van der Waals surface area (Å²) in [5.41, 5.74) is 3.11. The average molecular weight is 362 g/mol. The number of rotatable bonds is 6. The molecule has 2 aromatic rings. The Hall–Kier alpha value is -1.89. The molecule has 3 rings (SSSR count). The van der Waals surface area contributed by atoms with Gasteiger partial charge in [0.2, 0.25) is 5.95 Å². The van der Waals surface area contributed by atoms with E-state index < -0.39 is 0 Å². The first kappa shape index (κ1) is 17.9. The van der Waals surface area contributed by atoms with E-state index in [1.54, 1.807) is 6.20 Å². The van der Waals surface area contributed by atoms with Crippen LogP contribution in [0, 0.1) is 13.8 Å². The smallest absolute Gasteiger partial charge is 0.224 e. The van der Waals surface area contributed by atoms with Gasteiger partial charge in [-0.2, -0.15) is 4.98 Å². The van der Waals surface area contributed by atoms with E-state index in [9.17, 15) is 0 Å². The monoisotopic (exact) mass is 361 g/mol. The Kier molecular flexibility index (Phi) is 6.07. The molecule has 25 heavy (non-hydrogen) atoms. The normalized spacial score (nSPS) is 15.2. The Bertz CT molecular complexity index is 695. The molecule has 0 bridgehead atoms. The third-order valence-electron chi connectivity index (χ3n) is 4.16. The first-order valence-electron chi connectivity index (χ1n) is 8.52. The van der Waals surface area contributed by atoms with E-state index in [1.807, 2.05) is 26.0 Å².